The molecular formula is C31H26N8O8. The number of fused-ring (bicyclic) bond motifs is 2. The minimum Gasteiger partial charge on any atom is -0.506 e. The van der Waals surface area contributed by atoms with Crippen molar-refractivity contribution in [3.05, 3.63) is 95.9 Å². The topological polar surface area (TPSA) is 236 Å². The van der Waals surface area contributed by atoms with E-state index in [4.69, 9.17) is 25.0 Å². The number of rotatable bonds is 11. The van der Waals surface area contributed by atoms with Gasteiger partial charge in [0.05, 0.1) is 30.7 Å². The van der Waals surface area contributed by atoms with Gasteiger partial charge in [-0.2, -0.15) is 0 Å². The molecule has 4 heterocycles. The summed E-state index contributed by atoms with van der Waals surface area (Å²) in [6.07, 6.45) is 6.17. The number of nitrogens with one attached hydrogen (secondary N) is 2. The molecule has 16 nitrogen and oxygen atoms in total. The van der Waals surface area contributed by atoms with Crippen molar-refractivity contribution in [1.29, 1.82) is 0 Å². The first-order valence-electron chi connectivity index (χ1n) is 13.9. The number of nitrogens with two attached hydrogens (primary N) is 2. The molecule has 4 amide bonds. The van der Waals surface area contributed by atoms with Crippen LogP contribution < -0.4 is 26.8 Å². The summed E-state index contributed by atoms with van der Waals surface area (Å²) < 4.78 is 19.1. The molecule has 0 spiro atoms. The lowest BCUT2D eigenvalue weighted by Crippen LogP contribution is -2.16. The number of primary amides is 2. The van der Waals surface area contributed by atoms with Gasteiger partial charge in [-0.1, -0.05) is 12.2 Å². The maximum absolute atomic E-state index is 12.9. The summed E-state index contributed by atoms with van der Waals surface area (Å²) >= 11 is 0. The van der Waals surface area contributed by atoms with Crippen LogP contribution in [0.5, 0.6) is 11.5 Å². The van der Waals surface area contributed by atoms with Crippen molar-refractivity contribution in [3.8, 4) is 11.5 Å². The number of carbonyl (C=O) groups excluding carboxylic acids is 4. The molecule has 0 radical (unpaired) electrons. The third kappa shape index (κ3) is 5.85. The van der Waals surface area contributed by atoms with Crippen molar-refractivity contribution in [3.63, 3.8) is 0 Å². The van der Waals surface area contributed by atoms with E-state index in [-0.39, 0.29) is 70.2 Å². The number of benzene rings is 2. The van der Waals surface area contributed by atoms with Crippen LogP contribution in [0.4, 0.5) is 11.9 Å². The summed E-state index contributed by atoms with van der Waals surface area (Å²) in [5, 5.41) is 16.2. The van der Waals surface area contributed by atoms with Gasteiger partial charge in [0.15, 0.2) is 11.5 Å². The number of allylic oxidation sites excluding steroid dienone is 2. The molecular weight excluding hydrogens is 612 g/mol. The van der Waals surface area contributed by atoms with Crippen LogP contribution in [0.3, 0.4) is 0 Å². The Bertz CT molecular complexity index is 2190. The number of amides is 4. The lowest BCUT2D eigenvalue weighted by molar-refractivity contribution is 0.0988. The fraction of sp³-hybridized carbons (Fsp3) is 0.0968. The number of hydrogen-bond donors (Lipinski definition) is 5. The number of aromatic hydroxyl groups is 1. The minimum absolute atomic E-state index is 0.0312. The Labute approximate surface area is 264 Å². The van der Waals surface area contributed by atoms with Crippen LogP contribution in [-0.2, 0) is 13.1 Å². The number of imidazole rings is 2. The highest BCUT2D eigenvalue weighted by Gasteiger charge is 2.22. The molecule has 0 fully saturated rings. The van der Waals surface area contributed by atoms with Crippen molar-refractivity contribution in [2.45, 2.75) is 13.1 Å². The van der Waals surface area contributed by atoms with Gasteiger partial charge in [0.1, 0.15) is 22.5 Å². The van der Waals surface area contributed by atoms with Crippen LogP contribution in [0.1, 0.15) is 41.8 Å². The molecule has 0 unspecified atom stereocenters. The van der Waals surface area contributed by atoms with E-state index in [0.29, 0.717) is 11.0 Å². The molecule has 47 heavy (non-hydrogen) atoms. The van der Waals surface area contributed by atoms with E-state index in [1.807, 2.05) is 0 Å². The monoisotopic (exact) mass is 638 g/mol. The highest BCUT2D eigenvalue weighted by Crippen LogP contribution is 2.32. The van der Waals surface area contributed by atoms with Gasteiger partial charge >= 0.3 is 0 Å². The zero-order chi connectivity index (χ0) is 33.2. The molecule has 238 valence electrons. The molecule has 6 rings (SSSR count). The van der Waals surface area contributed by atoms with Gasteiger partial charge in [-0.3, -0.25) is 29.8 Å². The average molecular weight is 639 g/mol. The molecule has 16 heteroatoms. The second kappa shape index (κ2) is 12.3. The van der Waals surface area contributed by atoms with Crippen LogP contribution in [-0.4, -0.2) is 54.9 Å². The van der Waals surface area contributed by atoms with Gasteiger partial charge in [-0.15, -0.1) is 0 Å². The molecule has 7 N–H and O–H groups in total. The number of phenolic OH excluding ortho intramolecular Hbond substituents is 1. The molecule has 6 aromatic rings. The predicted molar refractivity (Wildman–Crippen MR) is 167 cm³/mol. The molecule has 0 atom stereocenters. The van der Waals surface area contributed by atoms with Crippen molar-refractivity contribution in [1.82, 2.24) is 19.1 Å². The van der Waals surface area contributed by atoms with Gasteiger partial charge in [0.2, 0.25) is 23.7 Å². The second-order valence-corrected chi connectivity index (χ2v) is 10.1. The molecule has 0 bridgehead atoms. The van der Waals surface area contributed by atoms with Crippen LogP contribution in [0, 0.1) is 0 Å². The Hall–Kier alpha value is -6.84. The molecule has 0 aliphatic heterocycles. The summed E-state index contributed by atoms with van der Waals surface area (Å²) in [5.74, 6) is -2.32. The maximum atomic E-state index is 12.9. The van der Waals surface area contributed by atoms with Crippen LogP contribution in [0.2, 0.25) is 0 Å². The van der Waals surface area contributed by atoms with E-state index in [1.54, 1.807) is 28.9 Å². The largest absolute Gasteiger partial charge is 0.506 e. The van der Waals surface area contributed by atoms with Gasteiger partial charge in [-0.05, 0) is 48.5 Å². The van der Waals surface area contributed by atoms with E-state index >= 15 is 0 Å². The smallest absolute Gasteiger partial charge is 0.293 e. The number of hydrogen-bond acceptors (Lipinski definition) is 10. The number of furan rings is 2. The fourth-order valence-electron chi connectivity index (χ4n) is 4.96. The Balaban J connectivity index is 1.36. The van der Waals surface area contributed by atoms with Crippen LogP contribution in [0.15, 0.2) is 82.0 Å². The average Bonchev–Trinajstić information content (AvgIpc) is 3.86. The summed E-state index contributed by atoms with van der Waals surface area (Å²) in [6.45, 7) is 0.215. The van der Waals surface area contributed by atoms with E-state index in [2.05, 4.69) is 20.6 Å². The van der Waals surface area contributed by atoms with E-state index in [1.165, 1.54) is 60.6 Å². The van der Waals surface area contributed by atoms with Gasteiger partial charge in [-0.25, -0.2) is 9.97 Å². The Kier molecular flexibility index (Phi) is 7.89. The predicted octanol–water partition coefficient (Wildman–Crippen LogP) is 3.25. The SMILES string of the molecule is COc1cc(C(N)=O)cc2nc(NC(=O)c3ccco3)n(C/C=C/Cn3c(NC(=O)c4ccco4)nc4cc(C(N)=O)cc(O)c43)c12. The molecule has 4 aromatic heterocycles. The number of methoxy groups -OCH3 is 1. The molecule has 0 saturated heterocycles. The zero-order valence-electron chi connectivity index (χ0n) is 24.6. The lowest BCUT2D eigenvalue weighted by Gasteiger charge is -2.11. The Morgan fingerprint density at radius 3 is 1.77 bits per heavy atom. The summed E-state index contributed by atoms with van der Waals surface area (Å²) in [7, 11) is 1.42. The number of ether oxygens (including phenoxy) is 1. The van der Waals surface area contributed by atoms with E-state index in [9.17, 15) is 24.3 Å². The standard InChI is InChI=1S/C31H26N8O8/c1-45-23-15-17(27(33)42)13-19-25(23)39(31(35-19)37-29(44)22-7-5-11-47-22)9-3-2-8-38-24-18(12-16(26(32)41)14-20(24)40)34-30(38)36-28(43)21-6-4-10-46-21/h2-7,10-15,40H,8-9H2,1H3,(H2,32,41)(H2,33,42)(H,34,36,43)(H,35,37,44)/b3-2+. The number of phenols is 1. The zero-order valence-corrected chi connectivity index (χ0v) is 24.6. The first-order chi connectivity index (χ1) is 22.6. The Morgan fingerprint density at radius 1 is 0.809 bits per heavy atom. The van der Waals surface area contributed by atoms with Crippen LogP contribution in [0.25, 0.3) is 22.1 Å². The van der Waals surface area contributed by atoms with Gasteiger partial charge in [0, 0.05) is 24.2 Å². The summed E-state index contributed by atoms with van der Waals surface area (Å²) in [4.78, 5) is 58.4. The van der Waals surface area contributed by atoms with E-state index < -0.39 is 23.6 Å². The van der Waals surface area contributed by atoms with Gasteiger partial charge in [0.25, 0.3) is 11.8 Å². The Morgan fingerprint density at radius 2 is 1.30 bits per heavy atom. The highest BCUT2D eigenvalue weighted by atomic mass is 16.5. The van der Waals surface area contributed by atoms with Crippen molar-refractivity contribution >= 4 is 57.6 Å². The molecule has 0 aliphatic carbocycles. The molecule has 0 saturated carbocycles. The van der Waals surface area contributed by atoms with Crippen molar-refractivity contribution in [2.75, 3.05) is 17.7 Å². The first kappa shape index (κ1) is 30.2. The van der Waals surface area contributed by atoms with E-state index in [0.717, 1.165) is 0 Å². The van der Waals surface area contributed by atoms with Crippen LogP contribution >= 0.6 is 0 Å². The van der Waals surface area contributed by atoms with Crippen molar-refractivity contribution in [2.24, 2.45) is 11.5 Å². The highest BCUT2D eigenvalue weighted by molar-refractivity contribution is 6.04. The third-order valence-electron chi connectivity index (χ3n) is 7.10. The lowest BCUT2D eigenvalue weighted by atomic mass is 10.1. The third-order valence-corrected chi connectivity index (χ3v) is 7.10. The number of aromatic nitrogens is 4. The summed E-state index contributed by atoms with van der Waals surface area (Å²) in [5.41, 5.74) is 12.3. The first-order valence-corrected chi connectivity index (χ1v) is 13.9. The fourth-order valence-corrected chi connectivity index (χ4v) is 4.96. The molecule has 2 aromatic carbocycles. The minimum atomic E-state index is -0.765. The molecule has 0 aliphatic rings. The number of nitrogens with zero attached hydrogens (tertiary/aromatic N) is 4. The number of carbonyl (C=O) groups is 4. The number of anilines is 2. The normalized spacial score (nSPS) is 11.3. The quantitative estimate of drug-likeness (QED) is 0.130. The maximum Gasteiger partial charge on any atom is 0.293 e. The van der Waals surface area contributed by atoms with Crippen molar-refractivity contribution < 1.29 is 37.9 Å². The second-order valence-electron chi connectivity index (χ2n) is 10.1. The summed E-state index contributed by atoms with van der Waals surface area (Å²) in [6, 6.07) is 11.7. The van der Waals surface area contributed by atoms with Gasteiger partial charge < -0.3 is 39.3 Å².